The van der Waals surface area contributed by atoms with Crippen LogP contribution >= 0.6 is 11.6 Å². The van der Waals surface area contributed by atoms with Crippen LogP contribution in [0, 0.1) is 0 Å². The molecule has 0 saturated heterocycles. The zero-order chi connectivity index (χ0) is 13.0. The van der Waals surface area contributed by atoms with Crippen molar-refractivity contribution in [2.45, 2.75) is 6.92 Å². The summed E-state index contributed by atoms with van der Waals surface area (Å²) in [6.45, 7) is 1.80. The molecule has 1 aromatic rings. The largest absolute Gasteiger partial charge is 0.465 e. The fourth-order valence-electron chi connectivity index (χ4n) is 1.54. The summed E-state index contributed by atoms with van der Waals surface area (Å²) in [5.74, 6) is -0.350. The van der Waals surface area contributed by atoms with Gasteiger partial charge in [0.25, 0.3) is 0 Å². The van der Waals surface area contributed by atoms with Gasteiger partial charge in [-0.1, -0.05) is 11.6 Å². The van der Waals surface area contributed by atoms with Gasteiger partial charge in [0.1, 0.15) is 0 Å². The molecule has 3 nitrogen and oxygen atoms in total. The predicted octanol–water partition coefficient (Wildman–Crippen LogP) is 3.14. The number of carbonyl (C=O) groups is 1. The predicted molar refractivity (Wildman–Crippen MR) is 71.6 cm³/mol. The molecule has 0 heterocycles. The zero-order valence-corrected chi connectivity index (χ0v) is 11.2. The number of hydrogen-bond acceptors (Lipinski definition) is 3. The van der Waals surface area contributed by atoms with Gasteiger partial charge in [-0.2, -0.15) is 0 Å². The van der Waals surface area contributed by atoms with Gasteiger partial charge in [0, 0.05) is 24.8 Å². The van der Waals surface area contributed by atoms with Crippen LogP contribution in [0.4, 0.5) is 5.69 Å². The molecule has 0 unspecified atom stereocenters. The van der Waals surface area contributed by atoms with Gasteiger partial charge >= 0.3 is 5.97 Å². The molecule has 0 aliphatic rings. The van der Waals surface area contributed by atoms with Crippen LogP contribution in [0.25, 0.3) is 6.08 Å². The first kappa shape index (κ1) is 13.6. The van der Waals surface area contributed by atoms with Gasteiger partial charge in [0.15, 0.2) is 0 Å². The van der Waals surface area contributed by atoms with Gasteiger partial charge in [-0.15, -0.1) is 0 Å². The number of allylic oxidation sites excluding steroid dienone is 1. The maximum Gasteiger partial charge on any atom is 0.337 e. The average molecular weight is 254 g/mol. The number of methoxy groups -OCH3 is 1. The topological polar surface area (TPSA) is 29.5 Å². The summed E-state index contributed by atoms with van der Waals surface area (Å²) < 4.78 is 4.69. The lowest BCUT2D eigenvalue weighted by Gasteiger charge is -2.16. The Labute approximate surface area is 107 Å². The first-order valence-corrected chi connectivity index (χ1v) is 5.57. The molecule has 0 atom stereocenters. The molecular formula is C13H16ClNO2. The summed E-state index contributed by atoms with van der Waals surface area (Å²) in [6.07, 6.45) is 1.82. The normalized spacial score (nSPS) is 11.2. The summed E-state index contributed by atoms with van der Waals surface area (Å²) in [4.78, 5) is 13.4. The Morgan fingerprint density at radius 3 is 2.53 bits per heavy atom. The summed E-state index contributed by atoms with van der Waals surface area (Å²) in [6, 6.07) is 5.38. The van der Waals surface area contributed by atoms with Crippen molar-refractivity contribution in [3.8, 4) is 0 Å². The molecule has 0 fully saturated rings. The fraction of sp³-hybridized carbons (Fsp3) is 0.308. The highest BCUT2D eigenvalue weighted by atomic mass is 35.5. The lowest BCUT2D eigenvalue weighted by molar-refractivity contribution is 0.0600. The smallest absolute Gasteiger partial charge is 0.337 e. The third-order valence-electron chi connectivity index (χ3n) is 2.28. The fourth-order valence-corrected chi connectivity index (χ4v) is 1.65. The number of nitrogens with zero attached hydrogens (tertiary/aromatic N) is 1. The van der Waals surface area contributed by atoms with Crippen LogP contribution in [-0.4, -0.2) is 27.2 Å². The van der Waals surface area contributed by atoms with E-state index < -0.39 is 0 Å². The number of benzene rings is 1. The second kappa shape index (κ2) is 5.73. The van der Waals surface area contributed by atoms with Crippen LogP contribution < -0.4 is 4.90 Å². The van der Waals surface area contributed by atoms with E-state index in [2.05, 4.69) is 0 Å². The molecule has 17 heavy (non-hydrogen) atoms. The van der Waals surface area contributed by atoms with E-state index in [1.54, 1.807) is 19.1 Å². The molecule has 92 valence electrons. The summed E-state index contributed by atoms with van der Waals surface area (Å²) in [5, 5.41) is 0.662. The number of rotatable bonds is 3. The number of hydrogen-bond donors (Lipinski definition) is 0. The Bertz CT molecular complexity index is 449. The Hall–Kier alpha value is -1.48. The Kier molecular flexibility index (Phi) is 4.58. The highest BCUT2D eigenvalue weighted by molar-refractivity contribution is 6.31. The van der Waals surface area contributed by atoms with Crippen LogP contribution in [-0.2, 0) is 4.74 Å². The van der Waals surface area contributed by atoms with Crippen LogP contribution in [0.2, 0.25) is 0 Å². The third-order valence-corrected chi connectivity index (χ3v) is 2.39. The van der Waals surface area contributed by atoms with Crippen molar-refractivity contribution in [3.63, 3.8) is 0 Å². The maximum absolute atomic E-state index is 11.4. The molecule has 0 bridgehead atoms. The Morgan fingerprint density at radius 2 is 2.06 bits per heavy atom. The lowest BCUT2D eigenvalue weighted by atomic mass is 10.1. The van der Waals surface area contributed by atoms with Crippen molar-refractivity contribution in [2.75, 3.05) is 26.1 Å². The minimum atomic E-state index is -0.350. The first-order valence-electron chi connectivity index (χ1n) is 5.19. The molecule has 0 amide bonds. The molecule has 0 saturated carbocycles. The van der Waals surface area contributed by atoms with E-state index in [9.17, 15) is 4.79 Å². The van der Waals surface area contributed by atoms with E-state index in [-0.39, 0.29) is 5.97 Å². The van der Waals surface area contributed by atoms with Gasteiger partial charge in [0.05, 0.1) is 12.7 Å². The van der Waals surface area contributed by atoms with Crippen molar-refractivity contribution < 1.29 is 9.53 Å². The monoisotopic (exact) mass is 253 g/mol. The standard InChI is InChI=1S/C13H16ClNO2/c1-9(14)7-11-8-10(13(16)17-4)5-6-12(11)15(2)3/h5-8H,1-4H3/b9-7-. The average Bonchev–Trinajstić information content (AvgIpc) is 2.26. The molecule has 0 spiro atoms. The number of ether oxygens (including phenoxy) is 1. The van der Waals surface area contributed by atoms with E-state index in [4.69, 9.17) is 16.3 Å². The molecule has 0 aromatic heterocycles. The second-order valence-electron chi connectivity index (χ2n) is 3.89. The molecule has 1 rings (SSSR count). The highest BCUT2D eigenvalue weighted by Crippen LogP contribution is 2.24. The van der Waals surface area contributed by atoms with Crippen LogP contribution in [0.3, 0.4) is 0 Å². The first-order chi connectivity index (χ1) is 7.95. The van der Waals surface area contributed by atoms with Crippen molar-refractivity contribution in [1.82, 2.24) is 0 Å². The molecule has 0 aliphatic carbocycles. The highest BCUT2D eigenvalue weighted by Gasteiger charge is 2.09. The van der Waals surface area contributed by atoms with Crippen LogP contribution in [0.1, 0.15) is 22.8 Å². The van der Waals surface area contributed by atoms with Gasteiger partial charge < -0.3 is 9.64 Å². The summed E-state index contributed by atoms with van der Waals surface area (Å²) >= 11 is 5.88. The van der Waals surface area contributed by atoms with E-state index >= 15 is 0 Å². The van der Waals surface area contributed by atoms with Gasteiger partial charge in [-0.05, 0) is 36.8 Å². The summed E-state index contributed by atoms with van der Waals surface area (Å²) in [5.41, 5.74) is 2.41. The number of anilines is 1. The molecule has 4 heteroatoms. The number of halogens is 1. The second-order valence-corrected chi connectivity index (χ2v) is 4.49. The molecular weight excluding hydrogens is 238 g/mol. The van der Waals surface area contributed by atoms with Crippen LogP contribution in [0.5, 0.6) is 0 Å². The van der Waals surface area contributed by atoms with E-state index in [0.717, 1.165) is 11.3 Å². The number of esters is 1. The molecule has 0 N–H and O–H groups in total. The van der Waals surface area contributed by atoms with Gasteiger partial charge in [0.2, 0.25) is 0 Å². The minimum Gasteiger partial charge on any atom is -0.465 e. The molecule has 1 aromatic carbocycles. The van der Waals surface area contributed by atoms with E-state index in [0.29, 0.717) is 10.6 Å². The zero-order valence-electron chi connectivity index (χ0n) is 10.5. The summed E-state index contributed by atoms with van der Waals surface area (Å²) in [7, 11) is 5.24. The van der Waals surface area contributed by atoms with Gasteiger partial charge in [-0.3, -0.25) is 0 Å². The van der Waals surface area contributed by atoms with E-state index in [1.165, 1.54) is 7.11 Å². The quantitative estimate of drug-likeness (QED) is 0.775. The lowest BCUT2D eigenvalue weighted by Crippen LogP contribution is -2.11. The SMILES string of the molecule is COC(=O)c1ccc(N(C)C)c(/C=C(/C)Cl)c1. The van der Waals surface area contributed by atoms with Crippen LogP contribution in [0.15, 0.2) is 23.2 Å². The molecule has 0 radical (unpaired) electrons. The van der Waals surface area contributed by atoms with Crippen molar-refractivity contribution in [1.29, 1.82) is 0 Å². The van der Waals surface area contributed by atoms with E-state index in [1.807, 2.05) is 31.1 Å². The van der Waals surface area contributed by atoms with Crippen molar-refractivity contribution in [3.05, 3.63) is 34.4 Å². The van der Waals surface area contributed by atoms with Crippen molar-refractivity contribution in [2.24, 2.45) is 0 Å². The van der Waals surface area contributed by atoms with Gasteiger partial charge in [-0.25, -0.2) is 4.79 Å². The third kappa shape index (κ3) is 3.49. The Balaban J connectivity index is 3.29. The number of carbonyl (C=O) groups excluding carboxylic acids is 1. The van der Waals surface area contributed by atoms with Crippen molar-refractivity contribution >= 4 is 29.3 Å². The minimum absolute atomic E-state index is 0.350. The molecule has 0 aliphatic heterocycles. The Morgan fingerprint density at radius 1 is 1.41 bits per heavy atom. The maximum atomic E-state index is 11.4.